The molecule has 2 aliphatic rings. The third kappa shape index (κ3) is 6.17. The molecule has 4 rings (SSSR count). The van der Waals surface area contributed by atoms with E-state index in [4.69, 9.17) is 27.9 Å². The zero-order chi connectivity index (χ0) is 23.5. The lowest BCUT2D eigenvalue weighted by molar-refractivity contribution is -0.123. The predicted molar refractivity (Wildman–Crippen MR) is 142 cm³/mol. The Bertz CT molecular complexity index is 1100. The molecule has 1 aliphatic carbocycles. The lowest BCUT2D eigenvalue weighted by atomic mass is 9.89. The zero-order valence-corrected chi connectivity index (χ0v) is 23.1. The molecule has 0 aromatic heterocycles. The van der Waals surface area contributed by atoms with Gasteiger partial charge in [0.25, 0.3) is 11.1 Å². The molecule has 0 unspecified atom stereocenters. The largest absolute Gasteiger partial charge is 0.487 e. The number of benzene rings is 2. The van der Waals surface area contributed by atoms with Crippen molar-refractivity contribution in [2.45, 2.75) is 38.7 Å². The summed E-state index contributed by atoms with van der Waals surface area (Å²) in [7, 11) is 0. The fourth-order valence-corrected chi connectivity index (χ4v) is 6.64. The fraction of sp³-hybridized carbons (Fsp3) is 0.333. The molecule has 4 nitrogen and oxygen atoms in total. The number of nitrogens with zero attached hydrogens (tertiary/aromatic N) is 1. The van der Waals surface area contributed by atoms with Crippen LogP contribution < -0.4 is 4.74 Å². The number of halogens is 4. The van der Waals surface area contributed by atoms with Crippen LogP contribution in [0.4, 0.5) is 4.79 Å². The standard InChI is InChI=1S/C24H21Br2Cl2NO3S/c25-17-8-16(9-18(26)22(17)32-13-15-6-7-19(27)20(28)10-15)11-21-23(30)29(24(31)33-21)12-14-4-2-1-3-5-14/h6-11,14H,1-5,12-13H2/b21-11+. The first-order valence-corrected chi connectivity index (χ1v) is 13.8. The van der Waals surface area contributed by atoms with Crippen LogP contribution in [-0.2, 0) is 11.4 Å². The highest BCUT2D eigenvalue weighted by Gasteiger charge is 2.36. The predicted octanol–water partition coefficient (Wildman–Crippen LogP) is 8.71. The molecule has 174 valence electrons. The van der Waals surface area contributed by atoms with E-state index in [1.54, 1.807) is 18.2 Å². The van der Waals surface area contributed by atoms with Gasteiger partial charge in [-0.1, -0.05) is 48.5 Å². The van der Waals surface area contributed by atoms with E-state index < -0.39 is 0 Å². The van der Waals surface area contributed by atoms with Crippen molar-refractivity contribution in [3.8, 4) is 5.75 Å². The van der Waals surface area contributed by atoms with E-state index in [1.165, 1.54) is 24.2 Å². The van der Waals surface area contributed by atoms with Gasteiger partial charge in [0.1, 0.15) is 12.4 Å². The highest BCUT2D eigenvalue weighted by molar-refractivity contribution is 9.11. The van der Waals surface area contributed by atoms with Crippen molar-refractivity contribution in [1.82, 2.24) is 4.90 Å². The maximum Gasteiger partial charge on any atom is 0.293 e. The molecule has 0 bridgehead atoms. The van der Waals surface area contributed by atoms with Crippen molar-refractivity contribution in [3.05, 3.63) is 65.4 Å². The molecule has 2 fully saturated rings. The minimum atomic E-state index is -0.206. The van der Waals surface area contributed by atoms with E-state index in [0.717, 1.165) is 44.7 Å². The summed E-state index contributed by atoms with van der Waals surface area (Å²) in [5.41, 5.74) is 1.68. The summed E-state index contributed by atoms with van der Waals surface area (Å²) in [5, 5.41) is 0.787. The van der Waals surface area contributed by atoms with Gasteiger partial charge < -0.3 is 4.74 Å². The molecule has 9 heteroatoms. The summed E-state index contributed by atoms with van der Waals surface area (Å²) in [6.45, 7) is 0.838. The Morgan fingerprint density at radius 3 is 2.39 bits per heavy atom. The van der Waals surface area contributed by atoms with Crippen molar-refractivity contribution in [1.29, 1.82) is 0 Å². The maximum absolute atomic E-state index is 12.9. The van der Waals surface area contributed by atoms with Crippen molar-refractivity contribution >= 4 is 84.0 Å². The average Bonchev–Trinajstić information content (AvgIpc) is 3.03. The second-order valence-corrected chi connectivity index (χ2v) is 11.7. The van der Waals surface area contributed by atoms with Gasteiger partial charge in [-0.25, -0.2) is 0 Å². The average molecular weight is 634 g/mol. The molecule has 1 saturated carbocycles. The number of hydrogen-bond acceptors (Lipinski definition) is 4. The second-order valence-electron chi connectivity index (χ2n) is 8.15. The van der Waals surface area contributed by atoms with Gasteiger partial charge in [-0.05, 0) is 104 Å². The SMILES string of the molecule is O=C1S/C(=C/c2cc(Br)c(OCc3ccc(Cl)c(Cl)c3)c(Br)c2)C(=O)N1CC1CCCCC1. The number of hydrogen-bond donors (Lipinski definition) is 0. The smallest absolute Gasteiger partial charge is 0.293 e. The highest BCUT2D eigenvalue weighted by atomic mass is 79.9. The summed E-state index contributed by atoms with van der Waals surface area (Å²) in [4.78, 5) is 27.2. The molecule has 2 aromatic carbocycles. The molecule has 1 saturated heterocycles. The minimum Gasteiger partial charge on any atom is -0.487 e. The van der Waals surface area contributed by atoms with E-state index in [-0.39, 0.29) is 11.1 Å². The number of thioether (sulfide) groups is 1. The van der Waals surface area contributed by atoms with Crippen molar-refractivity contribution < 1.29 is 14.3 Å². The van der Waals surface area contributed by atoms with Gasteiger partial charge in [0.05, 0.1) is 23.9 Å². The summed E-state index contributed by atoms with van der Waals surface area (Å²) < 4.78 is 7.42. The quantitative estimate of drug-likeness (QED) is 0.299. The van der Waals surface area contributed by atoms with Crippen LogP contribution in [0.2, 0.25) is 10.0 Å². The molecule has 2 aromatic rings. The van der Waals surface area contributed by atoms with Crippen molar-refractivity contribution in [2.75, 3.05) is 6.54 Å². The van der Waals surface area contributed by atoms with Gasteiger partial charge in [-0.2, -0.15) is 0 Å². The van der Waals surface area contributed by atoms with Crippen LogP contribution in [0.15, 0.2) is 44.2 Å². The van der Waals surface area contributed by atoms with Gasteiger partial charge >= 0.3 is 0 Å². The molecule has 0 atom stereocenters. The molecular formula is C24H21Br2Cl2NO3S. The van der Waals surface area contributed by atoms with Gasteiger partial charge in [0.15, 0.2) is 0 Å². The second kappa shape index (κ2) is 11.2. The summed E-state index contributed by atoms with van der Waals surface area (Å²) >= 11 is 20.2. The Labute approximate surface area is 224 Å². The molecule has 33 heavy (non-hydrogen) atoms. The number of imide groups is 1. The summed E-state index contributed by atoms with van der Waals surface area (Å²) in [6.07, 6.45) is 7.53. The Morgan fingerprint density at radius 2 is 1.73 bits per heavy atom. The van der Waals surface area contributed by atoms with Crippen LogP contribution in [0, 0.1) is 5.92 Å². The normalized spacial score (nSPS) is 18.4. The molecular weight excluding hydrogens is 613 g/mol. The Morgan fingerprint density at radius 1 is 1.03 bits per heavy atom. The first-order chi connectivity index (χ1) is 15.8. The van der Waals surface area contributed by atoms with Gasteiger partial charge in [-0.15, -0.1) is 0 Å². The van der Waals surface area contributed by atoms with Gasteiger partial charge in [-0.3, -0.25) is 14.5 Å². The van der Waals surface area contributed by atoms with Crippen molar-refractivity contribution in [2.24, 2.45) is 5.92 Å². The molecule has 1 heterocycles. The van der Waals surface area contributed by atoms with E-state index >= 15 is 0 Å². The maximum atomic E-state index is 12.9. The van der Waals surface area contributed by atoms with Crippen LogP contribution in [-0.4, -0.2) is 22.6 Å². The molecule has 1 aliphatic heterocycles. The van der Waals surface area contributed by atoms with Gasteiger partial charge in [0, 0.05) is 6.54 Å². The lowest BCUT2D eigenvalue weighted by Crippen LogP contribution is -2.34. The molecule has 2 amide bonds. The molecule has 0 radical (unpaired) electrons. The Hall–Kier alpha value is -0.990. The molecule has 0 spiro atoms. The van der Waals surface area contributed by atoms with E-state index in [9.17, 15) is 9.59 Å². The minimum absolute atomic E-state index is 0.184. The Balaban J connectivity index is 1.46. The first kappa shape index (κ1) is 25.1. The lowest BCUT2D eigenvalue weighted by Gasteiger charge is -2.25. The van der Waals surface area contributed by atoms with Gasteiger partial charge in [0.2, 0.25) is 0 Å². The van der Waals surface area contributed by atoms with Crippen LogP contribution in [0.5, 0.6) is 5.75 Å². The first-order valence-electron chi connectivity index (χ1n) is 10.6. The van der Waals surface area contributed by atoms with E-state index in [1.807, 2.05) is 18.2 Å². The van der Waals surface area contributed by atoms with E-state index in [2.05, 4.69) is 31.9 Å². The molecule has 0 N–H and O–H groups in total. The summed E-state index contributed by atoms with van der Waals surface area (Å²) in [5.74, 6) is 0.841. The van der Waals surface area contributed by atoms with Crippen LogP contribution >= 0.6 is 66.8 Å². The fourth-order valence-electron chi connectivity index (χ4n) is 4.02. The summed E-state index contributed by atoms with van der Waals surface area (Å²) in [6, 6.07) is 9.09. The van der Waals surface area contributed by atoms with Crippen LogP contribution in [0.1, 0.15) is 43.2 Å². The van der Waals surface area contributed by atoms with Crippen molar-refractivity contribution in [3.63, 3.8) is 0 Å². The monoisotopic (exact) mass is 631 g/mol. The number of carbonyl (C=O) groups is 2. The topological polar surface area (TPSA) is 46.6 Å². The number of ether oxygens (including phenoxy) is 1. The third-order valence-electron chi connectivity index (χ3n) is 5.72. The third-order valence-corrected chi connectivity index (χ3v) is 8.55. The Kier molecular flexibility index (Phi) is 8.50. The number of rotatable bonds is 6. The number of amides is 2. The zero-order valence-electron chi connectivity index (χ0n) is 17.6. The van der Waals surface area contributed by atoms with E-state index in [0.29, 0.717) is 39.8 Å². The highest BCUT2D eigenvalue weighted by Crippen LogP contribution is 2.39. The van der Waals surface area contributed by atoms with Crippen LogP contribution in [0.25, 0.3) is 6.08 Å². The van der Waals surface area contributed by atoms with Crippen LogP contribution in [0.3, 0.4) is 0 Å². The number of carbonyl (C=O) groups excluding carboxylic acids is 2.